The van der Waals surface area contributed by atoms with Crippen LogP contribution in [0.2, 0.25) is 0 Å². The second-order valence-electron chi connectivity index (χ2n) is 2.46. The predicted molar refractivity (Wildman–Crippen MR) is 69.9 cm³/mol. The first-order valence-electron chi connectivity index (χ1n) is 3.43. The summed E-state index contributed by atoms with van der Waals surface area (Å²) in [6.45, 7) is 0. The van der Waals surface area contributed by atoms with E-state index >= 15 is 0 Å². The molecule has 15 heavy (non-hydrogen) atoms. The molecule has 0 saturated heterocycles. The van der Waals surface area contributed by atoms with Crippen molar-refractivity contribution in [2.24, 2.45) is 0 Å². The average molecular weight is 440 g/mol. The minimum Gasteiger partial charge on any atom is -0.276 e. The lowest BCUT2D eigenvalue weighted by molar-refractivity contribution is 0.107. The van der Waals surface area contributed by atoms with Gasteiger partial charge in [-0.15, -0.1) is 0 Å². The van der Waals surface area contributed by atoms with E-state index in [2.05, 4.69) is 47.8 Å². The normalized spacial score (nSPS) is 10.2. The largest absolute Gasteiger partial charge is 0.276 e. The number of halogens is 5. The van der Waals surface area contributed by atoms with Crippen molar-refractivity contribution in [3.63, 3.8) is 0 Å². The van der Waals surface area contributed by atoms with E-state index in [4.69, 9.17) is 23.2 Å². The molecule has 2 nitrogen and oxygen atoms in total. The zero-order valence-electron chi connectivity index (χ0n) is 6.78. The van der Waals surface area contributed by atoms with E-state index in [1.165, 1.54) is 6.07 Å². The number of carbonyl (C=O) groups excluding carboxylic acids is 2. The fraction of sp³-hybridized carbons (Fsp3) is 0. The fourth-order valence-corrected chi connectivity index (χ4v) is 3.10. The third kappa shape index (κ3) is 2.82. The van der Waals surface area contributed by atoms with Crippen LogP contribution >= 0.6 is 71.0 Å². The number of benzene rings is 1. The molecule has 1 aromatic carbocycles. The van der Waals surface area contributed by atoms with Crippen LogP contribution in [0.4, 0.5) is 0 Å². The van der Waals surface area contributed by atoms with E-state index in [0.29, 0.717) is 13.4 Å². The van der Waals surface area contributed by atoms with Gasteiger partial charge in [-0.3, -0.25) is 9.59 Å². The SMILES string of the molecule is O=C(Cl)c1cc(C(=O)Cl)c(Br)c(Br)c1Br. The lowest BCUT2D eigenvalue weighted by atomic mass is 10.1. The van der Waals surface area contributed by atoms with Crippen molar-refractivity contribution in [1.29, 1.82) is 0 Å². The minimum atomic E-state index is -0.672. The molecule has 0 bridgehead atoms. The Bertz CT molecular complexity index is 421. The Morgan fingerprint density at radius 3 is 1.47 bits per heavy atom. The molecule has 0 heterocycles. The van der Waals surface area contributed by atoms with Crippen LogP contribution in [-0.4, -0.2) is 10.5 Å². The number of rotatable bonds is 2. The Labute approximate surface area is 121 Å². The highest BCUT2D eigenvalue weighted by atomic mass is 79.9. The molecule has 0 aliphatic heterocycles. The van der Waals surface area contributed by atoms with E-state index < -0.39 is 10.5 Å². The van der Waals surface area contributed by atoms with Crippen LogP contribution in [0, 0.1) is 0 Å². The first-order chi connectivity index (χ1) is 6.86. The van der Waals surface area contributed by atoms with E-state index in [0.717, 1.165) is 0 Å². The molecule has 0 radical (unpaired) electrons. The Morgan fingerprint density at radius 2 is 1.20 bits per heavy atom. The van der Waals surface area contributed by atoms with Gasteiger partial charge in [0, 0.05) is 13.4 Å². The van der Waals surface area contributed by atoms with Crippen LogP contribution in [0.3, 0.4) is 0 Å². The van der Waals surface area contributed by atoms with Crippen LogP contribution in [0.15, 0.2) is 19.5 Å². The predicted octanol–water partition coefficient (Wildman–Crippen LogP) is 4.73. The standard InChI is InChI=1S/C8HBr3Cl2O2/c9-4-2(7(12)14)1-3(8(13)15)5(10)6(4)11/h1H. The zero-order chi connectivity index (χ0) is 11.7. The van der Waals surface area contributed by atoms with Crippen molar-refractivity contribution in [2.45, 2.75) is 0 Å². The molecule has 0 amide bonds. The van der Waals surface area contributed by atoms with Crippen LogP contribution in [0.1, 0.15) is 20.7 Å². The Hall–Kier alpha value is 0.580. The Balaban J connectivity index is 3.59. The second kappa shape index (κ2) is 5.27. The first-order valence-corrected chi connectivity index (χ1v) is 6.57. The molecule has 0 atom stereocenters. The van der Waals surface area contributed by atoms with Gasteiger partial charge < -0.3 is 0 Å². The second-order valence-corrected chi connectivity index (χ2v) is 5.53. The zero-order valence-corrected chi connectivity index (χ0v) is 13.1. The van der Waals surface area contributed by atoms with Crippen LogP contribution in [-0.2, 0) is 0 Å². The van der Waals surface area contributed by atoms with E-state index in [1.54, 1.807) is 0 Å². The maximum Gasteiger partial charge on any atom is 0.253 e. The summed E-state index contributed by atoms with van der Waals surface area (Å²) in [5.41, 5.74) is 0.353. The van der Waals surface area contributed by atoms with Gasteiger partial charge in [0.15, 0.2) is 0 Å². The Kier molecular flexibility index (Phi) is 4.80. The van der Waals surface area contributed by atoms with Crippen molar-refractivity contribution >= 4 is 81.5 Å². The van der Waals surface area contributed by atoms with Gasteiger partial charge in [-0.1, -0.05) is 0 Å². The summed E-state index contributed by atoms with van der Waals surface area (Å²) in [5, 5.41) is -1.34. The number of hydrogen-bond donors (Lipinski definition) is 0. The van der Waals surface area contributed by atoms with Gasteiger partial charge >= 0.3 is 0 Å². The summed E-state index contributed by atoms with van der Waals surface area (Å²) >= 11 is 20.3. The molecule has 7 heteroatoms. The topological polar surface area (TPSA) is 34.1 Å². The van der Waals surface area contributed by atoms with Crippen molar-refractivity contribution < 1.29 is 9.59 Å². The van der Waals surface area contributed by atoms with Crippen molar-refractivity contribution in [3.8, 4) is 0 Å². The van der Waals surface area contributed by atoms with Crippen LogP contribution in [0.5, 0.6) is 0 Å². The molecule has 0 N–H and O–H groups in total. The maximum atomic E-state index is 11.0. The van der Waals surface area contributed by atoms with E-state index in [1.807, 2.05) is 0 Å². The van der Waals surface area contributed by atoms with Gasteiger partial charge in [-0.05, 0) is 77.1 Å². The third-order valence-corrected chi connectivity index (χ3v) is 5.48. The summed E-state index contributed by atoms with van der Waals surface area (Å²) in [6, 6.07) is 1.32. The van der Waals surface area contributed by atoms with E-state index in [-0.39, 0.29) is 11.1 Å². The lowest BCUT2D eigenvalue weighted by Gasteiger charge is -2.07. The molecule has 80 valence electrons. The molecule has 0 aromatic heterocycles. The van der Waals surface area contributed by atoms with Gasteiger partial charge in [0.05, 0.1) is 11.1 Å². The van der Waals surface area contributed by atoms with E-state index in [9.17, 15) is 9.59 Å². The molecule has 0 aliphatic carbocycles. The quantitative estimate of drug-likeness (QED) is 0.493. The number of carbonyl (C=O) groups is 2. The molecule has 0 unspecified atom stereocenters. The van der Waals surface area contributed by atoms with Crippen LogP contribution < -0.4 is 0 Å². The fourth-order valence-electron chi connectivity index (χ4n) is 0.890. The highest BCUT2D eigenvalue weighted by Crippen LogP contribution is 2.37. The van der Waals surface area contributed by atoms with Crippen LogP contribution in [0.25, 0.3) is 0 Å². The van der Waals surface area contributed by atoms with Gasteiger partial charge in [-0.2, -0.15) is 0 Å². The summed E-state index contributed by atoms with van der Waals surface area (Å²) in [7, 11) is 0. The third-order valence-electron chi connectivity index (χ3n) is 1.57. The maximum absolute atomic E-state index is 11.0. The molecule has 1 aromatic rings. The van der Waals surface area contributed by atoms with Crippen molar-refractivity contribution in [3.05, 3.63) is 30.6 Å². The molecular weight excluding hydrogens is 439 g/mol. The highest BCUT2D eigenvalue weighted by molar-refractivity contribution is 9.14. The summed E-state index contributed by atoms with van der Waals surface area (Å²) < 4.78 is 1.45. The molecule has 0 aliphatic rings. The Morgan fingerprint density at radius 1 is 0.867 bits per heavy atom. The first kappa shape index (κ1) is 13.6. The lowest BCUT2D eigenvalue weighted by Crippen LogP contribution is -1.99. The number of hydrogen-bond acceptors (Lipinski definition) is 2. The summed E-state index contributed by atoms with van der Waals surface area (Å²) in [4.78, 5) is 22.1. The minimum absolute atomic E-state index is 0.177. The van der Waals surface area contributed by atoms with Crippen molar-refractivity contribution in [2.75, 3.05) is 0 Å². The average Bonchev–Trinajstić information content (AvgIpc) is 2.13. The van der Waals surface area contributed by atoms with Crippen molar-refractivity contribution in [1.82, 2.24) is 0 Å². The smallest absolute Gasteiger partial charge is 0.253 e. The molecule has 0 saturated carbocycles. The van der Waals surface area contributed by atoms with Gasteiger partial charge in [0.2, 0.25) is 0 Å². The summed E-state index contributed by atoms with van der Waals surface area (Å²) in [5.74, 6) is 0. The molecule has 1 rings (SSSR count). The monoisotopic (exact) mass is 436 g/mol. The highest BCUT2D eigenvalue weighted by Gasteiger charge is 2.19. The van der Waals surface area contributed by atoms with Gasteiger partial charge in [-0.25, -0.2) is 0 Å². The molecular formula is C8HBr3Cl2O2. The molecule has 0 spiro atoms. The van der Waals surface area contributed by atoms with Gasteiger partial charge in [0.1, 0.15) is 0 Å². The summed E-state index contributed by atoms with van der Waals surface area (Å²) in [6.07, 6.45) is 0. The molecule has 0 fully saturated rings. The van der Waals surface area contributed by atoms with Gasteiger partial charge in [0.25, 0.3) is 10.5 Å².